The Morgan fingerprint density at radius 1 is 0.824 bits per heavy atom. The van der Waals surface area contributed by atoms with Gasteiger partial charge in [-0.2, -0.15) is 0 Å². The standard InChI is InChI=1S/C15H24O.La/c1-10-8-11(14(2,3)4)13(16)12(9-10)15(5,6)7;/h8-9,16H,1-7H3;. The van der Waals surface area contributed by atoms with E-state index in [1.54, 1.807) is 0 Å². The fraction of sp³-hybridized carbons (Fsp3) is 0.600. The molecule has 0 unspecified atom stereocenters. The summed E-state index contributed by atoms with van der Waals surface area (Å²) in [5.74, 6) is 0.464. The Labute approximate surface area is 134 Å². The fourth-order valence-electron chi connectivity index (χ4n) is 1.92. The number of rotatable bonds is 0. The maximum atomic E-state index is 10.4. The summed E-state index contributed by atoms with van der Waals surface area (Å²) in [6, 6.07) is 4.18. The predicted octanol–water partition coefficient (Wildman–Crippen LogP) is 4.30. The number of phenols is 1. The summed E-state index contributed by atoms with van der Waals surface area (Å²) in [6.07, 6.45) is 0. The van der Waals surface area contributed by atoms with Crippen molar-refractivity contribution in [3.63, 3.8) is 0 Å². The smallest absolute Gasteiger partial charge is 0.123 e. The van der Waals surface area contributed by atoms with Crippen LogP contribution in [0.3, 0.4) is 0 Å². The van der Waals surface area contributed by atoms with Crippen LogP contribution in [0.5, 0.6) is 5.75 Å². The molecule has 1 rings (SSSR count). The number of phenolic OH excluding ortho intramolecular Hbond substituents is 1. The summed E-state index contributed by atoms with van der Waals surface area (Å²) in [6.45, 7) is 14.9. The zero-order chi connectivity index (χ0) is 12.7. The summed E-state index contributed by atoms with van der Waals surface area (Å²) < 4.78 is 0. The van der Waals surface area contributed by atoms with E-state index in [0.29, 0.717) is 5.75 Å². The van der Waals surface area contributed by atoms with Crippen molar-refractivity contribution in [3.05, 3.63) is 28.8 Å². The zero-order valence-corrected chi connectivity index (χ0v) is 15.8. The van der Waals surface area contributed by atoms with Gasteiger partial charge in [-0.15, -0.1) is 0 Å². The van der Waals surface area contributed by atoms with Crippen molar-refractivity contribution in [2.45, 2.75) is 59.3 Å². The molecule has 1 aromatic carbocycles. The molecular formula is C15H24LaO. The molecular weight excluding hydrogens is 335 g/mol. The SMILES string of the molecule is Cc1cc(C(C)(C)C)c(O)c(C(C)(C)C)c1.[La]. The zero-order valence-electron chi connectivity index (χ0n) is 12.2. The number of hydrogen-bond donors (Lipinski definition) is 1. The van der Waals surface area contributed by atoms with Crippen molar-refractivity contribution in [2.24, 2.45) is 0 Å². The van der Waals surface area contributed by atoms with Crippen LogP contribution in [-0.4, -0.2) is 5.11 Å². The fourth-order valence-corrected chi connectivity index (χ4v) is 1.92. The second kappa shape index (κ2) is 5.46. The van der Waals surface area contributed by atoms with Gasteiger partial charge in [0.2, 0.25) is 0 Å². The minimum absolute atomic E-state index is 0. The van der Waals surface area contributed by atoms with E-state index in [1.807, 2.05) is 0 Å². The molecule has 0 aliphatic rings. The van der Waals surface area contributed by atoms with Gasteiger partial charge in [-0.1, -0.05) is 59.2 Å². The van der Waals surface area contributed by atoms with Crippen LogP contribution in [0.2, 0.25) is 0 Å². The average Bonchev–Trinajstić information content (AvgIpc) is 2.04. The van der Waals surface area contributed by atoms with E-state index >= 15 is 0 Å². The largest absolute Gasteiger partial charge is 0.507 e. The van der Waals surface area contributed by atoms with Gasteiger partial charge in [0.05, 0.1) is 0 Å². The van der Waals surface area contributed by atoms with Crippen LogP contribution in [0.1, 0.15) is 58.2 Å². The number of benzene rings is 1. The number of aromatic hydroxyl groups is 1. The second-order valence-electron chi connectivity index (χ2n) is 6.71. The summed E-state index contributed by atoms with van der Waals surface area (Å²) in [7, 11) is 0. The predicted molar refractivity (Wildman–Crippen MR) is 70.2 cm³/mol. The van der Waals surface area contributed by atoms with Crippen LogP contribution in [-0.2, 0) is 10.8 Å². The first-order chi connectivity index (χ1) is 7.03. The Balaban J connectivity index is 0.00000256. The van der Waals surface area contributed by atoms with Gasteiger partial charge >= 0.3 is 0 Å². The van der Waals surface area contributed by atoms with Crippen molar-refractivity contribution >= 4 is 0 Å². The molecule has 93 valence electrons. The summed E-state index contributed by atoms with van der Waals surface area (Å²) in [5, 5.41) is 10.4. The van der Waals surface area contributed by atoms with E-state index in [9.17, 15) is 5.11 Å². The van der Waals surface area contributed by atoms with Crippen LogP contribution >= 0.6 is 0 Å². The van der Waals surface area contributed by atoms with Crippen LogP contribution < -0.4 is 0 Å². The van der Waals surface area contributed by atoms with Crippen LogP contribution in [0.4, 0.5) is 0 Å². The molecule has 0 fully saturated rings. The Morgan fingerprint density at radius 3 is 1.35 bits per heavy atom. The maximum absolute atomic E-state index is 10.4. The van der Waals surface area contributed by atoms with Crippen molar-refractivity contribution in [2.75, 3.05) is 0 Å². The Morgan fingerprint density at radius 2 is 1.12 bits per heavy atom. The van der Waals surface area contributed by atoms with E-state index in [4.69, 9.17) is 0 Å². The van der Waals surface area contributed by atoms with Crippen molar-refractivity contribution in [1.82, 2.24) is 0 Å². The molecule has 0 atom stereocenters. The van der Waals surface area contributed by atoms with E-state index in [0.717, 1.165) is 11.1 Å². The molecule has 1 radical (unpaired) electrons. The Bertz CT molecular complexity index is 359. The van der Waals surface area contributed by atoms with Crippen LogP contribution in [0, 0.1) is 42.5 Å². The quantitative estimate of drug-likeness (QED) is 0.733. The van der Waals surface area contributed by atoms with Gasteiger partial charge in [0, 0.05) is 35.6 Å². The molecule has 17 heavy (non-hydrogen) atoms. The van der Waals surface area contributed by atoms with Gasteiger partial charge < -0.3 is 5.11 Å². The first-order valence-electron chi connectivity index (χ1n) is 5.88. The second-order valence-corrected chi connectivity index (χ2v) is 6.71. The third kappa shape index (κ3) is 4.12. The topological polar surface area (TPSA) is 20.2 Å². The van der Waals surface area contributed by atoms with E-state index in [1.165, 1.54) is 5.56 Å². The Hall–Kier alpha value is 0.215. The molecule has 1 aromatic rings. The van der Waals surface area contributed by atoms with Crippen molar-refractivity contribution < 1.29 is 40.7 Å². The van der Waals surface area contributed by atoms with E-state index in [-0.39, 0.29) is 46.4 Å². The number of aryl methyl sites for hydroxylation is 1. The first-order valence-corrected chi connectivity index (χ1v) is 5.88. The molecule has 0 spiro atoms. The molecule has 0 amide bonds. The van der Waals surface area contributed by atoms with Gasteiger partial charge in [0.25, 0.3) is 0 Å². The summed E-state index contributed by atoms with van der Waals surface area (Å²) >= 11 is 0. The van der Waals surface area contributed by atoms with Gasteiger partial charge in [-0.25, -0.2) is 0 Å². The molecule has 2 heteroatoms. The molecule has 1 N–H and O–H groups in total. The normalized spacial score (nSPS) is 12.2. The third-order valence-corrected chi connectivity index (χ3v) is 2.87. The van der Waals surface area contributed by atoms with Gasteiger partial charge in [0.15, 0.2) is 0 Å². The van der Waals surface area contributed by atoms with Gasteiger partial charge in [-0.05, 0) is 28.9 Å². The Kier molecular flexibility index (Phi) is 5.53. The monoisotopic (exact) mass is 359 g/mol. The van der Waals surface area contributed by atoms with Crippen LogP contribution in [0.25, 0.3) is 0 Å². The van der Waals surface area contributed by atoms with Gasteiger partial charge in [0.1, 0.15) is 5.75 Å². The summed E-state index contributed by atoms with van der Waals surface area (Å²) in [5.41, 5.74) is 3.26. The first kappa shape index (κ1) is 17.2. The molecule has 1 nitrogen and oxygen atoms in total. The van der Waals surface area contributed by atoms with Crippen molar-refractivity contribution in [3.8, 4) is 5.75 Å². The van der Waals surface area contributed by atoms with E-state index < -0.39 is 0 Å². The molecule has 0 bridgehead atoms. The van der Waals surface area contributed by atoms with Crippen LogP contribution in [0.15, 0.2) is 12.1 Å². The molecule has 0 aromatic heterocycles. The summed E-state index contributed by atoms with van der Waals surface area (Å²) in [4.78, 5) is 0. The van der Waals surface area contributed by atoms with Crippen molar-refractivity contribution in [1.29, 1.82) is 0 Å². The molecule has 0 aliphatic heterocycles. The molecule has 0 heterocycles. The maximum Gasteiger partial charge on any atom is 0.123 e. The minimum atomic E-state index is -0.0178. The van der Waals surface area contributed by atoms with Gasteiger partial charge in [-0.3, -0.25) is 0 Å². The minimum Gasteiger partial charge on any atom is -0.507 e. The van der Waals surface area contributed by atoms with E-state index in [2.05, 4.69) is 60.6 Å². The average molecular weight is 359 g/mol. The molecule has 0 saturated carbocycles. The molecule has 0 saturated heterocycles. The number of hydrogen-bond acceptors (Lipinski definition) is 1. The molecule has 0 aliphatic carbocycles. The third-order valence-electron chi connectivity index (χ3n) is 2.87.